The standard InChI is InChI=1S/C20H23N3O3S/c1-13-17(10-22-19(24)18-3-2-7-26-18)16-4-6-23(11-15(16)9-21-13)20(25)14-5-8-27-12-14/h5,8-9,12,18H,2-4,6-7,10-11H2,1H3,(H,22,24). The van der Waals surface area contributed by atoms with Crippen LogP contribution in [0.25, 0.3) is 0 Å². The summed E-state index contributed by atoms with van der Waals surface area (Å²) in [5, 5.41) is 6.81. The molecule has 1 fully saturated rings. The van der Waals surface area contributed by atoms with E-state index in [1.54, 1.807) is 0 Å². The fourth-order valence-corrected chi connectivity index (χ4v) is 4.40. The molecule has 27 heavy (non-hydrogen) atoms. The van der Waals surface area contributed by atoms with Gasteiger partial charge in [-0.25, -0.2) is 0 Å². The van der Waals surface area contributed by atoms with Crippen molar-refractivity contribution in [2.24, 2.45) is 0 Å². The Morgan fingerprint density at radius 1 is 1.44 bits per heavy atom. The number of thiophene rings is 1. The molecule has 0 aromatic carbocycles. The van der Waals surface area contributed by atoms with Gasteiger partial charge < -0.3 is 15.0 Å². The molecule has 4 heterocycles. The first-order valence-corrected chi connectivity index (χ1v) is 10.2. The van der Waals surface area contributed by atoms with E-state index in [9.17, 15) is 9.59 Å². The lowest BCUT2D eigenvalue weighted by molar-refractivity contribution is -0.130. The first kappa shape index (κ1) is 18.1. The normalized spacial score (nSPS) is 19.0. The lowest BCUT2D eigenvalue weighted by atomic mass is 9.94. The highest BCUT2D eigenvalue weighted by molar-refractivity contribution is 7.08. The molecule has 0 spiro atoms. The number of nitrogens with zero attached hydrogens (tertiary/aromatic N) is 2. The fourth-order valence-electron chi connectivity index (χ4n) is 3.77. The van der Waals surface area contributed by atoms with Gasteiger partial charge in [0, 0.05) is 43.5 Å². The molecular formula is C20H23N3O3S. The van der Waals surface area contributed by atoms with Crippen molar-refractivity contribution >= 4 is 23.2 Å². The molecule has 0 aliphatic carbocycles. The van der Waals surface area contributed by atoms with E-state index >= 15 is 0 Å². The molecule has 2 aliphatic rings. The van der Waals surface area contributed by atoms with E-state index in [0.717, 1.165) is 41.6 Å². The number of carbonyl (C=O) groups excluding carboxylic acids is 2. The van der Waals surface area contributed by atoms with E-state index in [2.05, 4.69) is 10.3 Å². The number of carbonyl (C=O) groups is 2. The predicted molar refractivity (Wildman–Crippen MR) is 103 cm³/mol. The molecule has 6 nitrogen and oxygen atoms in total. The van der Waals surface area contributed by atoms with Crippen molar-refractivity contribution in [1.29, 1.82) is 0 Å². The number of amides is 2. The van der Waals surface area contributed by atoms with Crippen LogP contribution in [0, 0.1) is 6.92 Å². The molecule has 2 amide bonds. The number of ether oxygens (including phenoxy) is 1. The van der Waals surface area contributed by atoms with Crippen molar-refractivity contribution in [2.45, 2.75) is 45.4 Å². The zero-order chi connectivity index (χ0) is 18.8. The number of hydrogen-bond acceptors (Lipinski definition) is 5. The lowest BCUT2D eigenvalue weighted by Crippen LogP contribution is -2.37. The van der Waals surface area contributed by atoms with Crippen LogP contribution < -0.4 is 5.32 Å². The highest BCUT2D eigenvalue weighted by Gasteiger charge is 2.26. The monoisotopic (exact) mass is 385 g/mol. The van der Waals surface area contributed by atoms with Gasteiger partial charge in [0.25, 0.3) is 5.91 Å². The summed E-state index contributed by atoms with van der Waals surface area (Å²) in [7, 11) is 0. The summed E-state index contributed by atoms with van der Waals surface area (Å²) in [4.78, 5) is 31.3. The second-order valence-electron chi connectivity index (χ2n) is 7.03. The molecule has 1 unspecified atom stereocenters. The Balaban J connectivity index is 1.48. The van der Waals surface area contributed by atoms with Crippen LogP contribution in [0.5, 0.6) is 0 Å². The van der Waals surface area contributed by atoms with Gasteiger partial charge in [0.2, 0.25) is 5.91 Å². The molecule has 0 saturated carbocycles. The van der Waals surface area contributed by atoms with Gasteiger partial charge in [-0.1, -0.05) is 0 Å². The SMILES string of the molecule is Cc1ncc2c(c1CNC(=O)C1CCCO1)CCN(C(=O)c1ccsc1)C2. The molecule has 1 saturated heterocycles. The number of nitrogens with one attached hydrogen (secondary N) is 1. The molecule has 142 valence electrons. The smallest absolute Gasteiger partial charge is 0.255 e. The van der Waals surface area contributed by atoms with Gasteiger partial charge in [0.15, 0.2) is 0 Å². The number of aryl methyl sites for hydroxylation is 1. The molecule has 0 bridgehead atoms. The van der Waals surface area contributed by atoms with Gasteiger partial charge in [-0.2, -0.15) is 11.3 Å². The van der Waals surface area contributed by atoms with Crippen molar-refractivity contribution in [2.75, 3.05) is 13.2 Å². The van der Waals surface area contributed by atoms with Crippen LogP contribution in [0.3, 0.4) is 0 Å². The average molecular weight is 385 g/mol. The Morgan fingerprint density at radius 3 is 3.07 bits per heavy atom. The maximum absolute atomic E-state index is 12.6. The Kier molecular flexibility index (Phi) is 5.22. The minimum Gasteiger partial charge on any atom is -0.368 e. The summed E-state index contributed by atoms with van der Waals surface area (Å²) < 4.78 is 5.45. The largest absolute Gasteiger partial charge is 0.368 e. The third-order valence-corrected chi connectivity index (χ3v) is 6.00. The number of aromatic nitrogens is 1. The lowest BCUT2D eigenvalue weighted by Gasteiger charge is -2.30. The molecule has 0 radical (unpaired) electrons. The average Bonchev–Trinajstić information content (AvgIpc) is 3.39. The maximum atomic E-state index is 12.6. The molecule has 1 atom stereocenters. The minimum atomic E-state index is -0.323. The van der Waals surface area contributed by atoms with E-state index in [4.69, 9.17) is 4.74 Å². The second-order valence-corrected chi connectivity index (χ2v) is 7.81. The first-order chi connectivity index (χ1) is 13.1. The Bertz CT molecular complexity index is 844. The van der Waals surface area contributed by atoms with Crippen LogP contribution in [0.2, 0.25) is 0 Å². The second kappa shape index (κ2) is 7.78. The number of rotatable bonds is 4. The Labute approximate surface area is 162 Å². The Hall–Kier alpha value is -2.25. The van der Waals surface area contributed by atoms with Crippen molar-refractivity contribution in [3.8, 4) is 0 Å². The molecule has 2 aromatic rings. The maximum Gasteiger partial charge on any atom is 0.255 e. The third kappa shape index (κ3) is 3.75. The van der Waals surface area contributed by atoms with E-state index in [-0.39, 0.29) is 17.9 Å². The zero-order valence-electron chi connectivity index (χ0n) is 15.4. The number of hydrogen-bond donors (Lipinski definition) is 1. The summed E-state index contributed by atoms with van der Waals surface area (Å²) in [6.07, 6.45) is 4.04. The number of fused-ring (bicyclic) bond motifs is 1. The van der Waals surface area contributed by atoms with Gasteiger partial charge >= 0.3 is 0 Å². The summed E-state index contributed by atoms with van der Waals surface area (Å²) in [5.41, 5.74) is 5.02. The van der Waals surface area contributed by atoms with Gasteiger partial charge in [-0.05, 0) is 54.3 Å². The van der Waals surface area contributed by atoms with Crippen LogP contribution in [0.1, 0.15) is 45.6 Å². The molecule has 2 aromatic heterocycles. The van der Waals surface area contributed by atoms with Gasteiger partial charge in [0.05, 0.1) is 5.56 Å². The summed E-state index contributed by atoms with van der Waals surface area (Å²) in [5.74, 6) is 0.0188. The molecule has 7 heteroatoms. The van der Waals surface area contributed by atoms with Crippen LogP contribution in [0.15, 0.2) is 23.0 Å². The third-order valence-electron chi connectivity index (χ3n) is 5.31. The van der Waals surface area contributed by atoms with Crippen LogP contribution in [0.4, 0.5) is 0 Å². The van der Waals surface area contributed by atoms with E-state index in [0.29, 0.717) is 26.2 Å². The Morgan fingerprint density at radius 2 is 2.33 bits per heavy atom. The quantitative estimate of drug-likeness (QED) is 0.878. The molecule has 4 rings (SSSR count). The topological polar surface area (TPSA) is 71.5 Å². The summed E-state index contributed by atoms with van der Waals surface area (Å²) in [6.45, 7) is 4.32. The highest BCUT2D eigenvalue weighted by atomic mass is 32.1. The van der Waals surface area contributed by atoms with Gasteiger partial charge in [-0.3, -0.25) is 14.6 Å². The van der Waals surface area contributed by atoms with Crippen molar-refractivity contribution in [3.05, 3.63) is 51.0 Å². The van der Waals surface area contributed by atoms with Gasteiger partial charge in [0.1, 0.15) is 6.10 Å². The van der Waals surface area contributed by atoms with Crippen molar-refractivity contribution in [3.63, 3.8) is 0 Å². The first-order valence-electron chi connectivity index (χ1n) is 9.30. The van der Waals surface area contributed by atoms with Crippen LogP contribution >= 0.6 is 11.3 Å². The minimum absolute atomic E-state index is 0.0467. The van der Waals surface area contributed by atoms with Crippen LogP contribution in [-0.4, -0.2) is 41.0 Å². The van der Waals surface area contributed by atoms with Gasteiger partial charge in [-0.15, -0.1) is 0 Å². The van der Waals surface area contributed by atoms with Crippen molar-refractivity contribution in [1.82, 2.24) is 15.2 Å². The van der Waals surface area contributed by atoms with Crippen LogP contribution in [-0.2, 0) is 29.0 Å². The number of pyridine rings is 1. The fraction of sp³-hybridized carbons (Fsp3) is 0.450. The summed E-state index contributed by atoms with van der Waals surface area (Å²) in [6, 6.07) is 1.86. The van der Waals surface area contributed by atoms with E-state index in [1.165, 1.54) is 16.9 Å². The van der Waals surface area contributed by atoms with Crippen molar-refractivity contribution < 1.29 is 14.3 Å². The molecule has 1 N–H and O–H groups in total. The summed E-state index contributed by atoms with van der Waals surface area (Å²) >= 11 is 1.53. The zero-order valence-corrected chi connectivity index (χ0v) is 16.2. The van der Waals surface area contributed by atoms with E-state index in [1.807, 2.05) is 34.8 Å². The highest BCUT2D eigenvalue weighted by Crippen LogP contribution is 2.25. The van der Waals surface area contributed by atoms with E-state index < -0.39 is 0 Å². The molecular weight excluding hydrogens is 362 g/mol. The predicted octanol–water partition coefficient (Wildman–Crippen LogP) is 2.45. The molecule has 2 aliphatic heterocycles.